The van der Waals surface area contributed by atoms with Crippen molar-refractivity contribution in [3.63, 3.8) is 0 Å². The Balaban J connectivity index is 2.14. The molecule has 0 saturated heterocycles. The second-order valence-electron chi connectivity index (χ2n) is 5.16. The molecule has 0 aliphatic carbocycles. The van der Waals surface area contributed by atoms with E-state index >= 15 is 0 Å². The van der Waals surface area contributed by atoms with Crippen LogP contribution in [0.3, 0.4) is 0 Å². The number of aromatic nitrogens is 2. The molecule has 25 heavy (non-hydrogen) atoms. The van der Waals surface area contributed by atoms with Gasteiger partial charge in [-0.1, -0.05) is 28.1 Å². The number of phenolic OH excluding ortho intramolecular Hbond substituents is 1. The first kappa shape index (κ1) is 16.8. The van der Waals surface area contributed by atoms with Crippen LogP contribution in [0.5, 0.6) is 5.75 Å². The third-order valence-corrected chi connectivity index (χ3v) is 3.97. The van der Waals surface area contributed by atoms with Crippen molar-refractivity contribution in [1.29, 1.82) is 0 Å². The highest BCUT2D eigenvalue weighted by Gasteiger charge is 2.17. The Kier molecular flexibility index (Phi) is 4.32. The summed E-state index contributed by atoms with van der Waals surface area (Å²) in [6.45, 7) is 1.62. The first-order valence-electron chi connectivity index (χ1n) is 7.08. The number of hydrogen-bond donors (Lipinski definition) is 1. The SMILES string of the molecule is Cc1nc2ccccc2c(=O)n1/N=C/c1cc(Br)cc([N+](=O)[O-])c1O. The van der Waals surface area contributed by atoms with Crippen LogP contribution in [-0.2, 0) is 0 Å². The molecule has 0 unspecified atom stereocenters. The van der Waals surface area contributed by atoms with E-state index < -0.39 is 16.4 Å². The Bertz CT molecular complexity index is 1090. The molecule has 1 heterocycles. The van der Waals surface area contributed by atoms with Gasteiger partial charge in [-0.3, -0.25) is 14.9 Å². The van der Waals surface area contributed by atoms with Crippen molar-refractivity contribution in [3.05, 3.63) is 72.7 Å². The quantitative estimate of drug-likeness (QED) is 0.411. The molecule has 0 atom stereocenters. The summed E-state index contributed by atoms with van der Waals surface area (Å²) in [6.07, 6.45) is 1.18. The van der Waals surface area contributed by atoms with Crippen molar-refractivity contribution in [3.8, 4) is 5.75 Å². The molecule has 0 aliphatic heterocycles. The van der Waals surface area contributed by atoms with E-state index in [2.05, 4.69) is 26.0 Å². The smallest absolute Gasteiger partial charge is 0.312 e. The van der Waals surface area contributed by atoms with Gasteiger partial charge in [0.1, 0.15) is 5.82 Å². The molecule has 0 bridgehead atoms. The monoisotopic (exact) mass is 402 g/mol. The number of benzene rings is 2. The van der Waals surface area contributed by atoms with E-state index in [4.69, 9.17) is 0 Å². The highest BCUT2D eigenvalue weighted by Crippen LogP contribution is 2.32. The molecule has 1 N–H and O–H groups in total. The number of fused-ring (bicyclic) bond motifs is 1. The lowest BCUT2D eigenvalue weighted by molar-refractivity contribution is -0.385. The number of rotatable bonds is 3. The van der Waals surface area contributed by atoms with Crippen molar-refractivity contribution < 1.29 is 10.0 Å². The zero-order valence-electron chi connectivity index (χ0n) is 12.9. The molecule has 0 aliphatic rings. The second-order valence-corrected chi connectivity index (χ2v) is 6.07. The molecule has 0 fully saturated rings. The fraction of sp³-hybridized carbons (Fsp3) is 0.0625. The van der Waals surface area contributed by atoms with Crippen LogP contribution in [0.25, 0.3) is 10.9 Å². The fourth-order valence-corrected chi connectivity index (χ4v) is 2.80. The minimum absolute atomic E-state index is 0.0977. The molecule has 126 valence electrons. The minimum atomic E-state index is -0.702. The molecular formula is C16H11BrN4O4. The summed E-state index contributed by atoms with van der Waals surface area (Å²) in [5.74, 6) is -0.180. The number of phenols is 1. The summed E-state index contributed by atoms with van der Waals surface area (Å²) in [4.78, 5) is 27.1. The molecule has 2 aromatic carbocycles. The van der Waals surface area contributed by atoms with Gasteiger partial charge >= 0.3 is 5.69 Å². The number of halogens is 1. The number of nitro benzene ring substituents is 1. The Morgan fingerprint density at radius 2 is 2.08 bits per heavy atom. The van der Waals surface area contributed by atoms with Gasteiger partial charge in [0.15, 0.2) is 0 Å². The Labute approximate surface area is 149 Å². The molecule has 3 aromatic rings. The molecule has 0 spiro atoms. The third-order valence-electron chi connectivity index (χ3n) is 3.51. The van der Waals surface area contributed by atoms with Crippen LogP contribution in [0.15, 0.2) is 50.8 Å². The number of aryl methyl sites for hydroxylation is 1. The van der Waals surface area contributed by atoms with Gasteiger partial charge in [0, 0.05) is 16.1 Å². The lowest BCUT2D eigenvalue weighted by Gasteiger charge is -2.06. The predicted octanol–water partition coefficient (Wildman–Crippen LogP) is 2.96. The van der Waals surface area contributed by atoms with E-state index in [1.807, 2.05) is 0 Å². The Hall–Kier alpha value is -3.07. The molecule has 0 saturated carbocycles. The van der Waals surface area contributed by atoms with Gasteiger partial charge in [0.2, 0.25) is 5.75 Å². The lowest BCUT2D eigenvalue weighted by Crippen LogP contribution is -2.20. The summed E-state index contributed by atoms with van der Waals surface area (Å²) in [5, 5.41) is 25.4. The molecule has 9 heteroatoms. The summed E-state index contributed by atoms with van der Waals surface area (Å²) >= 11 is 3.15. The summed E-state index contributed by atoms with van der Waals surface area (Å²) < 4.78 is 1.48. The van der Waals surface area contributed by atoms with E-state index in [0.717, 1.165) is 4.68 Å². The van der Waals surface area contributed by atoms with Gasteiger partial charge in [-0.15, -0.1) is 0 Å². The van der Waals surface area contributed by atoms with Crippen LogP contribution in [0.4, 0.5) is 5.69 Å². The summed E-state index contributed by atoms with van der Waals surface area (Å²) in [7, 11) is 0. The van der Waals surface area contributed by atoms with E-state index in [1.165, 1.54) is 18.3 Å². The zero-order valence-corrected chi connectivity index (χ0v) is 14.5. The van der Waals surface area contributed by atoms with Crippen molar-refractivity contribution in [1.82, 2.24) is 9.66 Å². The number of aromatic hydroxyl groups is 1. The van der Waals surface area contributed by atoms with Gasteiger partial charge < -0.3 is 5.11 Å². The standard InChI is InChI=1S/C16H11BrN4O4/c1-9-19-13-5-3-2-4-12(13)16(23)20(9)18-8-10-6-11(17)7-14(15(10)22)21(24)25/h2-8,22H,1H3/b18-8+. The van der Waals surface area contributed by atoms with Crippen LogP contribution < -0.4 is 5.56 Å². The van der Waals surface area contributed by atoms with Gasteiger partial charge in [-0.05, 0) is 25.1 Å². The van der Waals surface area contributed by atoms with Crippen LogP contribution >= 0.6 is 15.9 Å². The maximum Gasteiger partial charge on any atom is 0.312 e. The van der Waals surface area contributed by atoms with E-state index in [9.17, 15) is 20.0 Å². The molecular weight excluding hydrogens is 392 g/mol. The molecule has 8 nitrogen and oxygen atoms in total. The average molecular weight is 403 g/mol. The van der Waals surface area contributed by atoms with Crippen molar-refractivity contribution in [2.24, 2.45) is 5.10 Å². The van der Waals surface area contributed by atoms with E-state index in [-0.39, 0.29) is 11.1 Å². The first-order valence-corrected chi connectivity index (χ1v) is 7.87. The van der Waals surface area contributed by atoms with Gasteiger partial charge in [0.05, 0.1) is 22.0 Å². The number of nitro groups is 1. The highest BCUT2D eigenvalue weighted by atomic mass is 79.9. The number of nitrogens with zero attached hydrogens (tertiary/aromatic N) is 4. The van der Waals surface area contributed by atoms with Gasteiger partial charge in [-0.2, -0.15) is 9.78 Å². The second kappa shape index (κ2) is 6.44. The number of hydrogen-bond acceptors (Lipinski definition) is 6. The lowest BCUT2D eigenvalue weighted by atomic mass is 10.2. The van der Waals surface area contributed by atoms with Crippen LogP contribution in [0.2, 0.25) is 0 Å². The maximum absolute atomic E-state index is 12.5. The van der Waals surface area contributed by atoms with Crippen molar-refractivity contribution in [2.45, 2.75) is 6.92 Å². The zero-order chi connectivity index (χ0) is 18.1. The molecule has 0 radical (unpaired) electrons. The molecule has 0 amide bonds. The largest absolute Gasteiger partial charge is 0.502 e. The summed E-state index contributed by atoms with van der Waals surface area (Å²) in [5.41, 5.74) is -0.183. The third kappa shape index (κ3) is 3.13. The average Bonchev–Trinajstić information content (AvgIpc) is 2.57. The first-order chi connectivity index (χ1) is 11.9. The van der Waals surface area contributed by atoms with Gasteiger partial charge in [0.25, 0.3) is 5.56 Å². The van der Waals surface area contributed by atoms with Crippen LogP contribution in [0.1, 0.15) is 11.4 Å². The predicted molar refractivity (Wildman–Crippen MR) is 96.2 cm³/mol. The fourth-order valence-electron chi connectivity index (χ4n) is 2.33. The highest BCUT2D eigenvalue weighted by molar-refractivity contribution is 9.10. The van der Waals surface area contributed by atoms with Gasteiger partial charge in [-0.25, -0.2) is 4.98 Å². The number of para-hydroxylation sites is 1. The Morgan fingerprint density at radius 1 is 1.36 bits per heavy atom. The normalized spacial score (nSPS) is 11.3. The van der Waals surface area contributed by atoms with Crippen molar-refractivity contribution in [2.75, 3.05) is 0 Å². The van der Waals surface area contributed by atoms with E-state index in [0.29, 0.717) is 21.2 Å². The molecule has 1 aromatic heterocycles. The van der Waals surface area contributed by atoms with Crippen LogP contribution in [0, 0.1) is 17.0 Å². The minimum Gasteiger partial charge on any atom is -0.502 e. The molecule has 3 rings (SSSR count). The summed E-state index contributed by atoms with van der Waals surface area (Å²) in [6, 6.07) is 9.50. The van der Waals surface area contributed by atoms with E-state index in [1.54, 1.807) is 31.2 Å². The Morgan fingerprint density at radius 3 is 2.80 bits per heavy atom. The van der Waals surface area contributed by atoms with Crippen molar-refractivity contribution >= 4 is 38.7 Å². The maximum atomic E-state index is 12.5. The topological polar surface area (TPSA) is 111 Å². The van der Waals surface area contributed by atoms with Crippen LogP contribution in [-0.4, -0.2) is 25.9 Å².